The van der Waals surface area contributed by atoms with Gasteiger partial charge in [0.05, 0.1) is 5.41 Å². The van der Waals surface area contributed by atoms with Crippen LogP contribution in [0.4, 0.5) is 0 Å². The van der Waals surface area contributed by atoms with Gasteiger partial charge < -0.3 is 0 Å². The largest absolute Gasteiger partial charge is 0.0731 e. The van der Waals surface area contributed by atoms with Gasteiger partial charge in [0.25, 0.3) is 0 Å². The molecule has 0 saturated heterocycles. The topological polar surface area (TPSA) is 0 Å². The Morgan fingerprint density at radius 1 is 0.500 bits per heavy atom. The lowest BCUT2D eigenvalue weighted by atomic mass is 9.69. The van der Waals surface area contributed by atoms with Crippen molar-refractivity contribution in [3.63, 3.8) is 0 Å². The van der Waals surface area contributed by atoms with E-state index in [9.17, 15) is 0 Å². The van der Waals surface area contributed by atoms with E-state index < -0.39 is 0 Å². The Balaban J connectivity index is 1.78. The molecule has 5 aromatic rings. The fraction of sp³-hybridized carbons (Fsp3) is 0.0667. The predicted octanol–water partition coefficient (Wildman–Crippen LogP) is 7.49. The molecular formula is C30H20. The first kappa shape index (κ1) is 16.2. The van der Waals surface area contributed by atoms with Crippen LogP contribution in [0.1, 0.15) is 27.8 Å². The van der Waals surface area contributed by atoms with E-state index in [1.165, 1.54) is 60.8 Å². The maximum Gasteiger partial charge on any atom is 0.0731 e. The summed E-state index contributed by atoms with van der Waals surface area (Å²) in [5.74, 6) is 0. The zero-order chi connectivity index (χ0) is 19.9. The molecule has 0 amide bonds. The number of hydrogen-bond acceptors (Lipinski definition) is 0. The van der Waals surface area contributed by atoms with Gasteiger partial charge in [0, 0.05) is 0 Å². The molecular weight excluding hydrogens is 360 g/mol. The van der Waals surface area contributed by atoms with Crippen molar-refractivity contribution in [3.05, 3.63) is 131 Å². The SMILES string of the molecule is Cc1ccc2c(c1)-c1ccccc1C21c2ccccc2-c2ccc3ccccc3c21. The van der Waals surface area contributed by atoms with Crippen molar-refractivity contribution in [3.8, 4) is 22.3 Å². The predicted molar refractivity (Wildman–Crippen MR) is 125 cm³/mol. The van der Waals surface area contributed by atoms with Crippen LogP contribution in [-0.4, -0.2) is 0 Å². The van der Waals surface area contributed by atoms with Crippen molar-refractivity contribution in [2.24, 2.45) is 0 Å². The molecule has 30 heavy (non-hydrogen) atoms. The summed E-state index contributed by atoms with van der Waals surface area (Å²) in [5, 5.41) is 2.66. The highest BCUT2D eigenvalue weighted by molar-refractivity contribution is 6.03. The fourth-order valence-electron chi connectivity index (χ4n) is 6.04. The third-order valence-electron chi connectivity index (χ3n) is 7.13. The molecule has 0 bridgehead atoms. The lowest BCUT2D eigenvalue weighted by molar-refractivity contribution is 0.801. The summed E-state index contributed by atoms with van der Waals surface area (Å²) in [5.41, 5.74) is 12.2. The van der Waals surface area contributed by atoms with Crippen LogP contribution in [0.15, 0.2) is 103 Å². The van der Waals surface area contributed by atoms with Gasteiger partial charge in [0.15, 0.2) is 0 Å². The Labute approximate surface area is 176 Å². The zero-order valence-electron chi connectivity index (χ0n) is 16.8. The number of hydrogen-bond donors (Lipinski definition) is 0. The van der Waals surface area contributed by atoms with Crippen molar-refractivity contribution in [1.82, 2.24) is 0 Å². The molecule has 7 rings (SSSR count). The van der Waals surface area contributed by atoms with Gasteiger partial charge in [-0.2, -0.15) is 0 Å². The van der Waals surface area contributed by atoms with Gasteiger partial charge in [-0.1, -0.05) is 109 Å². The molecule has 2 aliphatic rings. The zero-order valence-corrected chi connectivity index (χ0v) is 16.8. The van der Waals surface area contributed by atoms with E-state index in [1.54, 1.807) is 0 Å². The highest BCUT2D eigenvalue weighted by Gasteiger charge is 2.52. The molecule has 0 aliphatic heterocycles. The van der Waals surface area contributed by atoms with Crippen molar-refractivity contribution in [2.75, 3.05) is 0 Å². The maximum atomic E-state index is 2.37. The van der Waals surface area contributed by atoms with Gasteiger partial charge in [0.1, 0.15) is 0 Å². The summed E-state index contributed by atoms with van der Waals surface area (Å²) in [7, 11) is 0. The lowest BCUT2D eigenvalue weighted by Gasteiger charge is -2.31. The summed E-state index contributed by atoms with van der Waals surface area (Å²) in [6.45, 7) is 2.19. The Morgan fingerprint density at radius 3 is 1.93 bits per heavy atom. The molecule has 1 unspecified atom stereocenters. The maximum absolute atomic E-state index is 2.37. The quantitative estimate of drug-likeness (QED) is 0.256. The van der Waals surface area contributed by atoms with E-state index in [4.69, 9.17) is 0 Å². The minimum atomic E-state index is -0.258. The van der Waals surface area contributed by atoms with Crippen molar-refractivity contribution < 1.29 is 0 Å². The minimum Gasteiger partial charge on any atom is -0.0619 e. The number of benzene rings is 5. The van der Waals surface area contributed by atoms with Crippen LogP contribution in [0.3, 0.4) is 0 Å². The van der Waals surface area contributed by atoms with Gasteiger partial charge in [-0.05, 0) is 62.2 Å². The molecule has 0 radical (unpaired) electrons. The standard InChI is InChI=1S/C30H20/c1-19-14-17-28-25(18-19)23-11-5-7-13-27(23)30(28)26-12-6-4-10-22(26)24-16-15-20-8-2-3-9-21(20)29(24)30/h2-18H,1H3. The Kier molecular flexibility index (Phi) is 2.96. The van der Waals surface area contributed by atoms with Gasteiger partial charge in [-0.3, -0.25) is 0 Å². The number of rotatable bonds is 0. The molecule has 0 heteroatoms. The first-order chi connectivity index (χ1) is 14.8. The summed E-state index contributed by atoms with van der Waals surface area (Å²) in [6, 6.07) is 38.5. The fourth-order valence-corrected chi connectivity index (χ4v) is 6.04. The second-order valence-corrected chi connectivity index (χ2v) is 8.60. The van der Waals surface area contributed by atoms with Gasteiger partial charge >= 0.3 is 0 Å². The Hall–Kier alpha value is -3.64. The molecule has 0 N–H and O–H groups in total. The van der Waals surface area contributed by atoms with E-state index in [0.29, 0.717) is 0 Å². The second kappa shape index (κ2) is 5.49. The van der Waals surface area contributed by atoms with Gasteiger partial charge in [0.2, 0.25) is 0 Å². The number of fused-ring (bicyclic) bond motifs is 12. The molecule has 0 saturated carbocycles. The number of aryl methyl sites for hydroxylation is 1. The van der Waals surface area contributed by atoms with E-state index >= 15 is 0 Å². The monoisotopic (exact) mass is 380 g/mol. The third kappa shape index (κ3) is 1.74. The first-order valence-corrected chi connectivity index (χ1v) is 10.6. The molecule has 0 nitrogen and oxygen atoms in total. The normalized spacial score (nSPS) is 17.6. The first-order valence-electron chi connectivity index (χ1n) is 10.6. The van der Waals surface area contributed by atoms with Gasteiger partial charge in [-0.15, -0.1) is 0 Å². The molecule has 0 fully saturated rings. The lowest BCUT2D eigenvalue weighted by Crippen LogP contribution is -2.26. The van der Waals surface area contributed by atoms with E-state index in [-0.39, 0.29) is 5.41 Å². The van der Waals surface area contributed by atoms with Crippen LogP contribution in [0.2, 0.25) is 0 Å². The second-order valence-electron chi connectivity index (χ2n) is 8.60. The molecule has 5 aromatic carbocycles. The summed E-state index contributed by atoms with van der Waals surface area (Å²) in [4.78, 5) is 0. The van der Waals surface area contributed by atoms with Crippen LogP contribution in [0, 0.1) is 6.92 Å². The van der Waals surface area contributed by atoms with E-state index in [0.717, 1.165) is 0 Å². The van der Waals surface area contributed by atoms with Crippen molar-refractivity contribution in [2.45, 2.75) is 12.3 Å². The Bertz CT molecular complexity index is 1500. The molecule has 0 aromatic heterocycles. The van der Waals surface area contributed by atoms with Crippen LogP contribution in [-0.2, 0) is 5.41 Å². The molecule has 1 spiro atoms. The Morgan fingerprint density at radius 2 is 1.13 bits per heavy atom. The smallest absolute Gasteiger partial charge is 0.0619 e. The van der Waals surface area contributed by atoms with Crippen molar-refractivity contribution in [1.29, 1.82) is 0 Å². The summed E-state index contributed by atoms with van der Waals surface area (Å²) in [6.07, 6.45) is 0. The molecule has 1 atom stereocenters. The van der Waals surface area contributed by atoms with Crippen LogP contribution < -0.4 is 0 Å². The third-order valence-corrected chi connectivity index (χ3v) is 7.13. The molecule has 140 valence electrons. The van der Waals surface area contributed by atoms with E-state index in [1.807, 2.05) is 0 Å². The van der Waals surface area contributed by atoms with Crippen LogP contribution in [0.25, 0.3) is 33.0 Å². The molecule has 2 aliphatic carbocycles. The van der Waals surface area contributed by atoms with Gasteiger partial charge in [-0.25, -0.2) is 0 Å². The van der Waals surface area contributed by atoms with Crippen LogP contribution >= 0.6 is 0 Å². The minimum absolute atomic E-state index is 0.258. The highest BCUT2D eigenvalue weighted by Crippen LogP contribution is 2.63. The van der Waals surface area contributed by atoms with Crippen molar-refractivity contribution >= 4 is 10.8 Å². The van der Waals surface area contributed by atoms with Crippen LogP contribution in [0.5, 0.6) is 0 Å². The molecule has 0 heterocycles. The van der Waals surface area contributed by atoms with E-state index in [2.05, 4.69) is 110 Å². The summed E-state index contributed by atoms with van der Waals surface area (Å²) < 4.78 is 0. The summed E-state index contributed by atoms with van der Waals surface area (Å²) >= 11 is 0. The average Bonchev–Trinajstić information content (AvgIpc) is 3.26. The highest BCUT2D eigenvalue weighted by atomic mass is 14.5. The average molecular weight is 380 g/mol.